The number of carbonyl (C=O) groups excluding carboxylic acids is 2. The van der Waals surface area contributed by atoms with Crippen LogP contribution in [0.25, 0.3) is 0 Å². The number of allylic oxidation sites excluding steroid dienone is 7. The highest BCUT2D eigenvalue weighted by Gasteiger charge is 2.28. The van der Waals surface area contributed by atoms with Gasteiger partial charge in [0, 0.05) is 12.8 Å². The number of aliphatic hydroxyl groups excluding tert-OH is 2. The highest BCUT2D eigenvalue weighted by atomic mass is 31.2. The van der Waals surface area contributed by atoms with Gasteiger partial charge in [0.15, 0.2) is 6.10 Å². The molecular weight excluding hydrogens is 741 g/mol. The molecule has 5 atom stereocenters. The van der Waals surface area contributed by atoms with Crippen molar-refractivity contribution in [3.05, 3.63) is 60.8 Å². The number of carboxylic acid groups (broad SMARTS) is 1. The van der Waals surface area contributed by atoms with Crippen molar-refractivity contribution in [1.82, 2.24) is 0 Å². The van der Waals surface area contributed by atoms with Crippen molar-refractivity contribution in [3.63, 3.8) is 0 Å². The number of phosphoric ester groups is 1. The number of esters is 2. The zero-order valence-corrected chi connectivity index (χ0v) is 34.8. The highest BCUT2D eigenvalue weighted by Crippen LogP contribution is 2.43. The quantitative estimate of drug-likeness (QED) is 0.0131. The van der Waals surface area contributed by atoms with Gasteiger partial charge in [0.05, 0.1) is 25.4 Å². The molecule has 0 saturated heterocycles. The van der Waals surface area contributed by atoms with E-state index in [0.29, 0.717) is 12.8 Å². The number of carboxylic acids is 1. The first-order chi connectivity index (χ1) is 26.9. The summed E-state index contributed by atoms with van der Waals surface area (Å²) in [6.45, 7) is 2.38. The van der Waals surface area contributed by atoms with E-state index in [1.807, 2.05) is 12.2 Å². The second kappa shape index (κ2) is 36.4. The predicted molar refractivity (Wildman–Crippen MR) is 220 cm³/mol. The molecule has 0 amide bonds. The van der Waals surface area contributed by atoms with Gasteiger partial charge >= 0.3 is 25.7 Å². The Balaban J connectivity index is 4.69. The van der Waals surface area contributed by atoms with Gasteiger partial charge in [0.25, 0.3) is 0 Å². The maximum atomic E-state index is 12.6. The molecule has 0 aliphatic carbocycles. The van der Waals surface area contributed by atoms with Crippen molar-refractivity contribution in [2.24, 2.45) is 5.73 Å². The molecule has 322 valence electrons. The van der Waals surface area contributed by atoms with Gasteiger partial charge < -0.3 is 35.4 Å². The summed E-state index contributed by atoms with van der Waals surface area (Å²) in [5.41, 5.74) is 5.31. The predicted octanol–water partition coefficient (Wildman–Crippen LogP) is 8.33. The first-order valence-electron chi connectivity index (χ1n) is 20.5. The van der Waals surface area contributed by atoms with Crippen LogP contribution >= 0.6 is 7.82 Å². The molecule has 0 aromatic heterocycles. The van der Waals surface area contributed by atoms with Crippen molar-refractivity contribution in [3.8, 4) is 0 Å². The monoisotopic (exact) mass is 813 g/mol. The number of ether oxygens (including phenoxy) is 2. The van der Waals surface area contributed by atoms with Crippen LogP contribution in [0, 0.1) is 0 Å². The van der Waals surface area contributed by atoms with Crippen molar-refractivity contribution < 1.29 is 57.7 Å². The van der Waals surface area contributed by atoms with E-state index in [4.69, 9.17) is 24.8 Å². The minimum absolute atomic E-state index is 0.102. The summed E-state index contributed by atoms with van der Waals surface area (Å²) in [7, 11) is -4.78. The molecule has 0 heterocycles. The van der Waals surface area contributed by atoms with Gasteiger partial charge in [0.1, 0.15) is 12.6 Å². The Morgan fingerprint density at radius 2 is 1.20 bits per heavy atom. The maximum Gasteiger partial charge on any atom is 0.472 e. The SMILES string of the molecule is CC/C=C\C/C=C\CC(O)/C=C/C=C\C=C\C(O)CCCC(=O)OC(COC(=O)CCCCCCCCCCCCCCC)COP(=O)(O)OCC(N)C(=O)O. The maximum absolute atomic E-state index is 12.6. The fraction of sp³-hybridized carbons (Fsp3) is 0.690. The number of unbranched alkanes of at least 4 members (excludes halogenated alkanes) is 12. The fourth-order valence-corrected chi connectivity index (χ4v) is 5.96. The number of aliphatic carboxylic acids is 1. The van der Waals surface area contributed by atoms with Crippen LogP contribution in [-0.2, 0) is 37.5 Å². The normalized spacial score (nSPS) is 15.5. The van der Waals surface area contributed by atoms with E-state index in [-0.39, 0.29) is 25.7 Å². The van der Waals surface area contributed by atoms with Crippen LogP contribution in [0.4, 0.5) is 0 Å². The van der Waals surface area contributed by atoms with Crippen LogP contribution in [0.5, 0.6) is 0 Å². The summed E-state index contributed by atoms with van der Waals surface area (Å²) in [6.07, 6.45) is 33.5. The number of nitrogens with two attached hydrogens (primary N) is 1. The Bertz CT molecular complexity index is 1220. The zero-order valence-electron chi connectivity index (χ0n) is 33.9. The lowest BCUT2D eigenvalue weighted by Gasteiger charge is -2.20. The van der Waals surface area contributed by atoms with E-state index < -0.39 is 69.9 Å². The van der Waals surface area contributed by atoms with E-state index in [9.17, 15) is 34.1 Å². The topological polar surface area (TPSA) is 212 Å². The third kappa shape index (κ3) is 35.5. The number of hydrogen-bond acceptors (Lipinski definition) is 11. The number of rotatable bonds is 37. The Kier molecular flexibility index (Phi) is 34.6. The Labute approximate surface area is 335 Å². The first kappa shape index (κ1) is 53.1. The average molecular weight is 814 g/mol. The molecule has 13 nitrogen and oxygen atoms in total. The van der Waals surface area contributed by atoms with Crippen LogP contribution in [0.1, 0.15) is 142 Å². The lowest BCUT2D eigenvalue weighted by atomic mass is 10.0. The fourth-order valence-electron chi connectivity index (χ4n) is 5.18. The van der Waals surface area contributed by atoms with Crippen molar-refractivity contribution in [1.29, 1.82) is 0 Å². The molecule has 0 bridgehead atoms. The minimum atomic E-state index is -4.78. The molecule has 14 heteroatoms. The largest absolute Gasteiger partial charge is 0.480 e. The van der Waals surface area contributed by atoms with Crippen LogP contribution in [0.3, 0.4) is 0 Å². The summed E-state index contributed by atoms with van der Waals surface area (Å²) in [5.74, 6) is -2.66. The van der Waals surface area contributed by atoms with Crippen molar-refractivity contribution >= 4 is 25.7 Å². The van der Waals surface area contributed by atoms with Gasteiger partial charge in [0.2, 0.25) is 0 Å². The van der Waals surface area contributed by atoms with Crippen LogP contribution in [0.2, 0.25) is 0 Å². The van der Waals surface area contributed by atoms with Gasteiger partial charge in [-0.2, -0.15) is 0 Å². The van der Waals surface area contributed by atoms with Crippen LogP contribution in [0.15, 0.2) is 60.8 Å². The average Bonchev–Trinajstić information content (AvgIpc) is 3.16. The third-order valence-electron chi connectivity index (χ3n) is 8.47. The smallest absolute Gasteiger partial charge is 0.472 e. The molecule has 0 fully saturated rings. The summed E-state index contributed by atoms with van der Waals surface area (Å²) in [4.78, 5) is 45.9. The Morgan fingerprint density at radius 1 is 0.661 bits per heavy atom. The molecule has 56 heavy (non-hydrogen) atoms. The van der Waals surface area contributed by atoms with E-state index in [2.05, 4.69) is 30.5 Å². The molecule has 0 saturated carbocycles. The third-order valence-corrected chi connectivity index (χ3v) is 9.42. The summed E-state index contributed by atoms with van der Waals surface area (Å²) in [5, 5.41) is 29.1. The van der Waals surface area contributed by atoms with Gasteiger partial charge in [-0.1, -0.05) is 152 Å². The highest BCUT2D eigenvalue weighted by molar-refractivity contribution is 7.47. The van der Waals surface area contributed by atoms with Crippen molar-refractivity contribution in [2.45, 2.75) is 167 Å². The lowest BCUT2D eigenvalue weighted by molar-refractivity contribution is -0.161. The van der Waals surface area contributed by atoms with Gasteiger partial charge in [-0.3, -0.25) is 23.4 Å². The summed E-state index contributed by atoms with van der Waals surface area (Å²) >= 11 is 0. The molecule has 5 unspecified atom stereocenters. The first-order valence-corrected chi connectivity index (χ1v) is 22.0. The number of aliphatic hydroxyl groups is 2. The van der Waals surface area contributed by atoms with E-state index >= 15 is 0 Å². The van der Waals surface area contributed by atoms with E-state index in [1.165, 1.54) is 57.8 Å². The number of hydrogen-bond donors (Lipinski definition) is 5. The molecule has 0 rings (SSSR count). The standard InChI is InChI=1S/C42H72NO12P/c1-3-5-7-9-11-12-13-14-15-16-17-19-25-31-40(46)52-33-38(34-53-56(50,51)54-35-39(43)42(48)49)55-41(47)32-26-30-37(45)29-24-21-20-23-28-36(44)27-22-18-10-8-6-4-2/h6,8,18,20-24,28-29,36-39,44-45H,3-5,7,9-17,19,25-27,30-35,43H2,1-2H3,(H,48,49)(H,50,51)/b8-6-,21-20-,22-18-,28-23+,29-24+. The molecular formula is C42H72NO12P. The van der Waals surface area contributed by atoms with Crippen LogP contribution < -0.4 is 5.73 Å². The lowest BCUT2D eigenvalue weighted by Crippen LogP contribution is -2.34. The van der Waals surface area contributed by atoms with Gasteiger partial charge in [-0.25, -0.2) is 4.57 Å². The molecule has 0 aliphatic heterocycles. The molecule has 6 N–H and O–H groups in total. The number of phosphoric acid groups is 1. The molecule has 0 spiro atoms. The minimum Gasteiger partial charge on any atom is -0.480 e. The summed E-state index contributed by atoms with van der Waals surface area (Å²) in [6, 6.07) is -1.56. The van der Waals surface area contributed by atoms with Crippen molar-refractivity contribution in [2.75, 3.05) is 19.8 Å². The van der Waals surface area contributed by atoms with Gasteiger partial charge in [-0.05, 0) is 38.5 Å². The molecule has 0 radical (unpaired) electrons. The van der Waals surface area contributed by atoms with Crippen LogP contribution in [-0.4, -0.2) is 82.3 Å². The molecule has 0 aliphatic rings. The Hall–Kier alpha value is -2.90. The zero-order chi connectivity index (χ0) is 41.7. The van der Waals surface area contributed by atoms with E-state index in [0.717, 1.165) is 32.1 Å². The second-order valence-corrected chi connectivity index (χ2v) is 15.2. The summed E-state index contributed by atoms with van der Waals surface area (Å²) < 4.78 is 32.4. The Morgan fingerprint density at radius 3 is 1.79 bits per heavy atom. The number of carbonyl (C=O) groups is 3. The second-order valence-electron chi connectivity index (χ2n) is 13.8. The van der Waals surface area contributed by atoms with E-state index in [1.54, 1.807) is 36.5 Å². The molecule has 0 aromatic rings. The molecule has 0 aromatic carbocycles. The van der Waals surface area contributed by atoms with Gasteiger partial charge in [-0.15, -0.1) is 0 Å².